The van der Waals surface area contributed by atoms with Crippen LogP contribution in [-0.4, -0.2) is 63.8 Å². The zero-order valence-corrected chi connectivity index (χ0v) is 15.7. The minimum absolute atomic E-state index is 0.251. The topological polar surface area (TPSA) is 86.2 Å². The van der Waals surface area contributed by atoms with Crippen LogP contribution in [0, 0.1) is 0 Å². The van der Waals surface area contributed by atoms with Gasteiger partial charge < -0.3 is 15.7 Å². The molecule has 0 spiro atoms. The van der Waals surface area contributed by atoms with E-state index in [-0.39, 0.29) is 6.61 Å². The molecule has 27 heavy (non-hydrogen) atoms. The van der Waals surface area contributed by atoms with Gasteiger partial charge in [0.2, 0.25) is 0 Å². The number of anilines is 1. The predicted molar refractivity (Wildman–Crippen MR) is 105 cm³/mol. The number of hydrogen-bond acceptors (Lipinski definition) is 7. The van der Waals surface area contributed by atoms with E-state index in [1.165, 1.54) is 18.4 Å². The van der Waals surface area contributed by atoms with E-state index in [0.717, 1.165) is 68.5 Å². The second-order valence-corrected chi connectivity index (χ2v) is 7.28. The minimum Gasteiger partial charge on any atom is -0.395 e. The van der Waals surface area contributed by atoms with Gasteiger partial charge in [-0.1, -0.05) is 6.42 Å². The molecule has 0 aliphatic carbocycles. The Kier molecular flexibility index (Phi) is 5.91. The molecule has 4 heterocycles. The van der Waals surface area contributed by atoms with Crippen molar-refractivity contribution in [2.24, 2.45) is 0 Å². The zero-order valence-electron chi connectivity index (χ0n) is 15.7. The maximum atomic E-state index is 9.60. The first-order valence-corrected chi connectivity index (χ1v) is 9.95. The Morgan fingerprint density at radius 2 is 2.11 bits per heavy atom. The van der Waals surface area contributed by atoms with Gasteiger partial charge in [0.05, 0.1) is 12.3 Å². The molecule has 1 saturated heterocycles. The number of nitrogens with one attached hydrogen (secondary N) is 2. The molecule has 3 N–H and O–H groups in total. The van der Waals surface area contributed by atoms with E-state index in [0.29, 0.717) is 6.04 Å². The summed E-state index contributed by atoms with van der Waals surface area (Å²) in [6.07, 6.45) is 8.02. The molecule has 1 atom stereocenters. The largest absolute Gasteiger partial charge is 0.395 e. The number of pyridine rings is 1. The first-order chi connectivity index (χ1) is 13.3. The number of aliphatic hydroxyl groups is 1. The van der Waals surface area contributed by atoms with Gasteiger partial charge in [-0.3, -0.25) is 9.88 Å². The SMILES string of the molecule is OCC1CCCCN1CCNc1nc(-c2ccncc2)nc2c1CCNC2. The molecule has 0 saturated carbocycles. The van der Waals surface area contributed by atoms with Crippen molar-refractivity contribution in [3.05, 3.63) is 35.8 Å². The number of piperidine rings is 1. The van der Waals surface area contributed by atoms with Crippen LogP contribution in [0.15, 0.2) is 24.5 Å². The lowest BCUT2D eigenvalue weighted by Gasteiger charge is -2.34. The van der Waals surface area contributed by atoms with Gasteiger partial charge in [0.1, 0.15) is 5.82 Å². The summed E-state index contributed by atoms with van der Waals surface area (Å²) in [5.74, 6) is 1.69. The van der Waals surface area contributed by atoms with E-state index in [9.17, 15) is 5.11 Å². The van der Waals surface area contributed by atoms with E-state index < -0.39 is 0 Å². The molecular weight excluding hydrogens is 340 g/mol. The molecule has 1 fully saturated rings. The highest BCUT2D eigenvalue weighted by atomic mass is 16.3. The summed E-state index contributed by atoms with van der Waals surface area (Å²) in [6.45, 7) is 4.80. The number of hydrogen-bond donors (Lipinski definition) is 3. The standard InChI is InChI=1S/C20H28N6O/c27-14-16-3-1-2-11-26(16)12-10-23-20-17-6-9-22-13-18(17)24-19(25-20)15-4-7-21-8-5-15/h4-5,7-8,16,22,27H,1-3,6,9-14H2,(H,23,24,25). The monoisotopic (exact) mass is 368 g/mol. The predicted octanol–water partition coefficient (Wildman–Crippen LogP) is 1.44. The zero-order chi connectivity index (χ0) is 18.5. The van der Waals surface area contributed by atoms with Gasteiger partial charge in [0.15, 0.2) is 5.82 Å². The normalized spacial score (nSPS) is 20.3. The summed E-state index contributed by atoms with van der Waals surface area (Å²) in [6, 6.07) is 4.19. The van der Waals surface area contributed by atoms with Crippen LogP contribution in [0.1, 0.15) is 30.5 Å². The highest BCUT2D eigenvalue weighted by Gasteiger charge is 2.22. The van der Waals surface area contributed by atoms with E-state index in [4.69, 9.17) is 9.97 Å². The summed E-state index contributed by atoms with van der Waals surface area (Å²) in [4.78, 5) is 16.1. The molecular formula is C20H28N6O. The third-order valence-electron chi connectivity index (χ3n) is 5.53. The van der Waals surface area contributed by atoms with Crippen molar-refractivity contribution in [3.8, 4) is 11.4 Å². The number of nitrogens with zero attached hydrogens (tertiary/aromatic N) is 4. The molecule has 0 aromatic carbocycles. The molecule has 4 rings (SSSR count). The summed E-state index contributed by atoms with van der Waals surface area (Å²) in [7, 11) is 0. The first-order valence-electron chi connectivity index (χ1n) is 9.95. The van der Waals surface area contributed by atoms with Crippen LogP contribution in [0.2, 0.25) is 0 Å². The van der Waals surface area contributed by atoms with Crippen molar-refractivity contribution in [2.45, 2.75) is 38.3 Å². The number of likely N-dealkylation sites (tertiary alicyclic amines) is 1. The average molecular weight is 368 g/mol. The maximum absolute atomic E-state index is 9.60. The van der Waals surface area contributed by atoms with Crippen LogP contribution < -0.4 is 10.6 Å². The summed E-state index contributed by atoms with van der Waals surface area (Å²) in [5, 5.41) is 16.6. The molecule has 2 aliphatic heterocycles. The smallest absolute Gasteiger partial charge is 0.161 e. The maximum Gasteiger partial charge on any atom is 0.161 e. The molecule has 0 bridgehead atoms. The lowest BCUT2D eigenvalue weighted by atomic mass is 10.0. The van der Waals surface area contributed by atoms with Crippen LogP contribution in [-0.2, 0) is 13.0 Å². The summed E-state index contributed by atoms with van der Waals surface area (Å²) >= 11 is 0. The van der Waals surface area contributed by atoms with Crippen molar-refractivity contribution < 1.29 is 5.11 Å². The Morgan fingerprint density at radius 1 is 1.22 bits per heavy atom. The van der Waals surface area contributed by atoms with Crippen LogP contribution in [0.25, 0.3) is 11.4 Å². The van der Waals surface area contributed by atoms with E-state index in [1.54, 1.807) is 12.4 Å². The van der Waals surface area contributed by atoms with E-state index >= 15 is 0 Å². The van der Waals surface area contributed by atoms with Crippen LogP contribution in [0.4, 0.5) is 5.82 Å². The first kappa shape index (κ1) is 18.3. The number of aromatic nitrogens is 3. The van der Waals surface area contributed by atoms with Crippen molar-refractivity contribution in [1.29, 1.82) is 0 Å². The molecule has 7 heteroatoms. The summed E-state index contributed by atoms with van der Waals surface area (Å²) < 4.78 is 0. The highest BCUT2D eigenvalue weighted by molar-refractivity contribution is 5.59. The molecule has 2 aromatic rings. The summed E-state index contributed by atoms with van der Waals surface area (Å²) in [5.41, 5.74) is 3.29. The number of aliphatic hydroxyl groups excluding tert-OH is 1. The van der Waals surface area contributed by atoms with Crippen molar-refractivity contribution in [3.63, 3.8) is 0 Å². The van der Waals surface area contributed by atoms with Crippen molar-refractivity contribution >= 4 is 5.82 Å². The quantitative estimate of drug-likeness (QED) is 0.711. The fourth-order valence-electron chi connectivity index (χ4n) is 4.01. The lowest BCUT2D eigenvalue weighted by Crippen LogP contribution is -2.44. The molecule has 2 aromatic heterocycles. The Labute approximate surface area is 160 Å². The third-order valence-corrected chi connectivity index (χ3v) is 5.53. The van der Waals surface area contributed by atoms with E-state index in [1.807, 2.05) is 12.1 Å². The molecule has 1 unspecified atom stereocenters. The Hall–Kier alpha value is -2.09. The second-order valence-electron chi connectivity index (χ2n) is 7.28. The van der Waals surface area contributed by atoms with Gasteiger partial charge in [-0.05, 0) is 44.5 Å². The molecule has 7 nitrogen and oxygen atoms in total. The number of fused-ring (bicyclic) bond motifs is 1. The van der Waals surface area contributed by atoms with Gasteiger partial charge in [-0.25, -0.2) is 9.97 Å². The van der Waals surface area contributed by atoms with Gasteiger partial charge in [0.25, 0.3) is 0 Å². The van der Waals surface area contributed by atoms with Crippen molar-refractivity contribution in [2.75, 3.05) is 38.1 Å². The Morgan fingerprint density at radius 3 is 2.96 bits per heavy atom. The fourth-order valence-corrected chi connectivity index (χ4v) is 4.01. The number of rotatable bonds is 6. The molecule has 144 valence electrons. The minimum atomic E-state index is 0.251. The Balaban J connectivity index is 1.51. The van der Waals surface area contributed by atoms with Crippen molar-refractivity contribution in [1.82, 2.24) is 25.2 Å². The van der Waals surface area contributed by atoms with Gasteiger partial charge in [0, 0.05) is 49.2 Å². The van der Waals surface area contributed by atoms with E-state index in [2.05, 4.69) is 20.5 Å². The van der Waals surface area contributed by atoms with Crippen LogP contribution >= 0.6 is 0 Å². The van der Waals surface area contributed by atoms with Gasteiger partial charge in [-0.15, -0.1) is 0 Å². The molecule has 0 radical (unpaired) electrons. The average Bonchev–Trinajstić information content (AvgIpc) is 2.74. The van der Waals surface area contributed by atoms with Crippen LogP contribution in [0.5, 0.6) is 0 Å². The molecule has 2 aliphatic rings. The Bertz CT molecular complexity index is 754. The third kappa shape index (κ3) is 4.26. The van der Waals surface area contributed by atoms with Gasteiger partial charge >= 0.3 is 0 Å². The van der Waals surface area contributed by atoms with Crippen LogP contribution in [0.3, 0.4) is 0 Å². The second kappa shape index (κ2) is 8.73. The highest BCUT2D eigenvalue weighted by Crippen LogP contribution is 2.24. The molecule has 0 amide bonds. The van der Waals surface area contributed by atoms with Gasteiger partial charge in [-0.2, -0.15) is 0 Å². The fraction of sp³-hybridized carbons (Fsp3) is 0.550. The lowest BCUT2D eigenvalue weighted by molar-refractivity contribution is 0.0940.